The lowest BCUT2D eigenvalue weighted by Gasteiger charge is -2.18. The lowest BCUT2D eigenvalue weighted by molar-refractivity contribution is 0.468. The lowest BCUT2D eigenvalue weighted by atomic mass is 9.95. The van der Waals surface area contributed by atoms with Crippen LogP contribution >= 0.6 is 0 Å². The first-order chi connectivity index (χ1) is 8.58. The third-order valence-corrected chi connectivity index (χ3v) is 4.53. The lowest BCUT2D eigenvalue weighted by Crippen LogP contribution is -2.29. The highest BCUT2D eigenvalue weighted by molar-refractivity contribution is 7.89. The summed E-state index contributed by atoms with van der Waals surface area (Å²) in [5.74, 6) is 0.394. The molecule has 1 atom stereocenters. The van der Waals surface area contributed by atoms with E-state index in [0.717, 1.165) is 19.3 Å². The molecule has 0 fully saturated rings. The monoisotopic (exact) mass is 266 g/mol. The fourth-order valence-corrected chi connectivity index (χ4v) is 3.21. The van der Waals surface area contributed by atoms with Gasteiger partial charge in [0.2, 0.25) is 10.0 Å². The van der Waals surface area contributed by atoms with Crippen LogP contribution in [0.25, 0.3) is 0 Å². The van der Waals surface area contributed by atoms with E-state index < -0.39 is 10.0 Å². The van der Waals surface area contributed by atoms with Crippen LogP contribution in [-0.4, -0.2) is 15.0 Å². The van der Waals surface area contributed by atoms with Crippen molar-refractivity contribution >= 4 is 15.7 Å². The Morgan fingerprint density at radius 2 is 2.17 bits per heavy atom. The van der Waals surface area contributed by atoms with Crippen LogP contribution in [0.4, 0.5) is 5.69 Å². The Labute approximate surface area is 108 Å². The van der Waals surface area contributed by atoms with E-state index in [-0.39, 0.29) is 4.90 Å². The van der Waals surface area contributed by atoms with Gasteiger partial charge in [0.25, 0.3) is 0 Å². The van der Waals surface area contributed by atoms with Gasteiger partial charge < -0.3 is 5.73 Å². The Bertz CT molecular complexity index is 538. The molecule has 1 aromatic rings. The van der Waals surface area contributed by atoms with Crippen molar-refractivity contribution in [2.45, 2.75) is 24.2 Å². The summed E-state index contributed by atoms with van der Waals surface area (Å²) >= 11 is 0. The standard InChI is InChI=1S/C13H18N2O2S/c14-12-7-4-8-13(9-12)18(16,17)15-10-11-5-2-1-3-6-11/h1-2,4,7-9,11,15H,3,5-6,10,14H2. The minimum atomic E-state index is -3.44. The summed E-state index contributed by atoms with van der Waals surface area (Å²) in [6, 6.07) is 6.35. The van der Waals surface area contributed by atoms with Crippen molar-refractivity contribution in [2.75, 3.05) is 12.3 Å². The molecule has 18 heavy (non-hydrogen) atoms. The summed E-state index contributed by atoms with van der Waals surface area (Å²) in [6.07, 6.45) is 7.27. The average molecular weight is 266 g/mol. The van der Waals surface area contributed by atoms with Crippen molar-refractivity contribution in [1.82, 2.24) is 4.72 Å². The number of anilines is 1. The van der Waals surface area contributed by atoms with E-state index >= 15 is 0 Å². The van der Waals surface area contributed by atoms with Gasteiger partial charge in [0.15, 0.2) is 0 Å². The minimum Gasteiger partial charge on any atom is -0.399 e. The van der Waals surface area contributed by atoms with Crippen molar-refractivity contribution in [2.24, 2.45) is 5.92 Å². The van der Waals surface area contributed by atoms with Gasteiger partial charge in [-0.05, 0) is 43.4 Å². The number of benzene rings is 1. The highest BCUT2D eigenvalue weighted by atomic mass is 32.2. The third-order valence-electron chi connectivity index (χ3n) is 3.11. The molecule has 0 spiro atoms. The largest absolute Gasteiger partial charge is 0.399 e. The van der Waals surface area contributed by atoms with Crippen LogP contribution in [0, 0.1) is 5.92 Å². The third kappa shape index (κ3) is 3.34. The van der Waals surface area contributed by atoms with Gasteiger partial charge in [-0.2, -0.15) is 0 Å². The Morgan fingerprint density at radius 3 is 2.83 bits per heavy atom. The summed E-state index contributed by atoms with van der Waals surface area (Å²) in [5, 5.41) is 0. The van der Waals surface area contributed by atoms with Crippen LogP contribution in [-0.2, 0) is 10.0 Å². The molecular formula is C13H18N2O2S. The first-order valence-corrected chi connectivity index (χ1v) is 7.56. The zero-order chi connectivity index (χ0) is 13.0. The second-order valence-corrected chi connectivity index (χ2v) is 6.34. The molecule has 0 heterocycles. The molecule has 5 heteroatoms. The molecule has 0 amide bonds. The summed E-state index contributed by atoms with van der Waals surface area (Å²) in [7, 11) is -3.44. The first kappa shape index (κ1) is 13.1. The molecule has 0 aromatic heterocycles. The first-order valence-electron chi connectivity index (χ1n) is 6.08. The maximum absolute atomic E-state index is 12.0. The second-order valence-electron chi connectivity index (χ2n) is 4.57. The second kappa shape index (κ2) is 5.54. The van der Waals surface area contributed by atoms with Crippen LogP contribution in [0.5, 0.6) is 0 Å². The average Bonchev–Trinajstić information content (AvgIpc) is 2.38. The van der Waals surface area contributed by atoms with Crippen LogP contribution in [0.2, 0.25) is 0 Å². The normalized spacial score (nSPS) is 19.9. The topological polar surface area (TPSA) is 72.2 Å². The van der Waals surface area contributed by atoms with Crippen LogP contribution < -0.4 is 10.5 Å². The van der Waals surface area contributed by atoms with E-state index in [1.807, 2.05) is 0 Å². The Balaban J connectivity index is 2.01. The van der Waals surface area contributed by atoms with Crippen molar-refractivity contribution in [3.05, 3.63) is 36.4 Å². The van der Waals surface area contributed by atoms with Gasteiger partial charge in [-0.15, -0.1) is 0 Å². The smallest absolute Gasteiger partial charge is 0.240 e. The van der Waals surface area contributed by atoms with Gasteiger partial charge in [-0.3, -0.25) is 0 Å². The van der Waals surface area contributed by atoms with E-state index in [9.17, 15) is 8.42 Å². The number of rotatable bonds is 4. The molecule has 1 aliphatic rings. The molecule has 98 valence electrons. The molecule has 1 unspecified atom stereocenters. The van der Waals surface area contributed by atoms with Gasteiger partial charge >= 0.3 is 0 Å². The maximum atomic E-state index is 12.0. The van der Waals surface area contributed by atoms with E-state index in [0.29, 0.717) is 18.2 Å². The Kier molecular flexibility index (Phi) is 4.04. The molecular weight excluding hydrogens is 248 g/mol. The number of nitrogens with two attached hydrogens (primary N) is 1. The minimum absolute atomic E-state index is 0.230. The van der Waals surface area contributed by atoms with E-state index in [4.69, 9.17) is 5.73 Å². The number of hydrogen-bond acceptors (Lipinski definition) is 3. The molecule has 0 saturated carbocycles. The van der Waals surface area contributed by atoms with Gasteiger partial charge in [-0.25, -0.2) is 13.1 Å². The predicted octanol–water partition coefficient (Wildman–Crippen LogP) is 1.90. The number of nitrogen functional groups attached to an aromatic ring is 1. The molecule has 1 aliphatic carbocycles. The highest BCUT2D eigenvalue weighted by Crippen LogP contribution is 2.18. The van der Waals surface area contributed by atoms with Crippen LogP contribution in [0.15, 0.2) is 41.3 Å². The van der Waals surface area contributed by atoms with Crippen molar-refractivity contribution in [3.63, 3.8) is 0 Å². The number of hydrogen-bond donors (Lipinski definition) is 2. The van der Waals surface area contributed by atoms with Crippen LogP contribution in [0.1, 0.15) is 19.3 Å². The number of sulfonamides is 1. The van der Waals surface area contributed by atoms with Crippen molar-refractivity contribution in [3.8, 4) is 0 Å². The van der Waals surface area contributed by atoms with E-state index in [2.05, 4.69) is 16.9 Å². The van der Waals surface area contributed by atoms with Gasteiger partial charge in [0.05, 0.1) is 4.90 Å². The number of nitrogens with one attached hydrogen (secondary N) is 1. The quantitative estimate of drug-likeness (QED) is 0.646. The van der Waals surface area contributed by atoms with E-state index in [1.54, 1.807) is 18.2 Å². The zero-order valence-electron chi connectivity index (χ0n) is 10.2. The summed E-state index contributed by atoms with van der Waals surface area (Å²) in [4.78, 5) is 0.230. The molecule has 0 saturated heterocycles. The predicted molar refractivity (Wildman–Crippen MR) is 72.5 cm³/mol. The molecule has 0 radical (unpaired) electrons. The van der Waals surface area contributed by atoms with Gasteiger partial charge in [0.1, 0.15) is 0 Å². The molecule has 4 nitrogen and oxygen atoms in total. The summed E-state index contributed by atoms with van der Waals surface area (Å²) in [6.45, 7) is 0.488. The van der Waals surface area contributed by atoms with E-state index in [1.165, 1.54) is 6.07 Å². The summed E-state index contributed by atoms with van der Waals surface area (Å²) < 4.78 is 26.7. The molecule has 3 N–H and O–H groups in total. The maximum Gasteiger partial charge on any atom is 0.240 e. The zero-order valence-corrected chi connectivity index (χ0v) is 11.0. The van der Waals surface area contributed by atoms with Crippen LogP contribution in [0.3, 0.4) is 0 Å². The molecule has 0 aliphatic heterocycles. The van der Waals surface area contributed by atoms with Gasteiger partial charge in [-0.1, -0.05) is 18.2 Å². The fourth-order valence-electron chi connectivity index (χ4n) is 2.03. The molecule has 2 rings (SSSR count). The van der Waals surface area contributed by atoms with Crippen molar-refractivity contribution in [1.29, 1.82) is 0 Å². The number of allylic oxidation sites excluding steroid dienone is 2. The highest BCUT2D eigenvalue weighted by Gasteiger charge is 2.17. The van der Waals surface area contributed by atoms with Crippen molar-refractivity contribution < 1.29 is 8.42 Å². The van der Waals surface area contributed by atoms with Gasteiger partial charge in [0, 0.05) is 12.2 Å². The Hall–Kier alpha value is -1.33. The summed E-state index contributed by atoms with van der Waals surface area (Å²) in [5.41, 5.74) is 6.05. The molecule has 1 aromatic carbocycles. The molecule has 0 bridgehead atoms. The Morgan fingerprint density at radius 1 is 1.33 bits per heavy atom. The fraction of sp³-hybridized carbons (Fsp3) is 0.385. The SMILES string of the molecule is Nc1cccc(S(=O)(=O)NCC2CC=CCC2)c1.